The molecule has 2 aliphatic heterocycles. The Morgan fingerprint density at radius 1 is 0.756 bits per heavy atom. The van der Waals surface area contributed by atoms with Crippen LogP contribution in [0.4, 0.5) is 0 Å². The first-order valence-electron chi connectivity index (χ1n) is 15.2. The SMILES string of the molecule is CC(=O)NC1C(OC2C(CO)OC(OCCC(C)CCCC(C)CCCC(C)C)C(O)C2O)OC(CO)C(O)C1O. The standard InChI is InChI=1S/C29H55NO11/c1-16(2)8-6-9-17(3)10-7-11-18(4)12-13-38-29-26(37)25(36)27(21(15-32)40-29)41-28-22(30-19(5)33)24(35)23(34)20(14-31)39-28/h16-18,20-29,31-32,34-37H,6-15H2,1-5H3,(H,30,33). The number of hydrogen-bond donors (Lipinski definition) is 7. The molecule has 41 heavy (non-hydrogen) atoms. The molecule has 2 saturated heterocycles. The molecule has 2 heterocycles. The third kappa shape index (κ3) is 11.3. The van der Waals surface area contributed by atoms with Gasteiger partial charge in [0, 0.05) is 6.92 Å². The molecule has 12 atom stereocenters. The predicted octanol–water partition coefficient (Wildman–Crippen LogP) is 0.430. The molecule has 12 unspecified atom stereocenters. The Bertz CT molecular complexity index is 742. The van der Waals surface area contributed by atoms with E-state index in [4.69, 9.17) is 18.9 Å². The minimum Gasteiger partial charge on any atom is -0.394 e. The summed E-state index contributed by atoms with van der Waals surface area (Å²) in [5.74, 6) is 1.33. The van der Waals surface area contributed by atoms with Crippen molar-refractivity contribution >= 4 is 5.91 Å². The normalized spacial score (nSPS) is 35.8. The maximum atomic E-state index is 11.7. The average molecular weight is 594 g/mol. The minimum absolute atomic E-state index is 0.293. The zero-order valence-electron chi connectivity index (χ0n) is 25.3. The van der Waals surface area contributed by atoms with Crippen LogP contribution in [-0.4, -0.2) is 118 Å². The highest BCUT2D eigenvalue weighted by molar-refractivity contribution is 5.73. The second kappa shape index (κ2) is 18.0. The van der Waals surface area contributed by atoms with Crippen molar-refractivity contribution in [2.24, 2.45) is 17.8 Å². The summed E-state index contributed by atoms with van der Waals surface area (Å²) in [5.41, 5.74) is 0. The lowest BCUT2D eigenvalue weighted by Crippen LogP contribution is -2.67. The summed E-state index contributed by atoms with van der Waals surface area (Å²) < 4.78 is 22.8. The first kappa shape index (κ1) is 36.3. The fourth-order valence-electron chi connectivity index (χ4n) is 5.46. The molecule has 0 spiro atoms. The quantitative estimate of drug-likeness (QED) is 0.124. The van der Waals surface area contributed by atoms with Gasteiger partial charge in [-0.3, -0.25) is 4.79 Å². The summed E-state index contributed by atoms with van der Waals surface area (Å²) in [5, 5.41) is 64.2. The number of aliphatic hydroxyl groups excluding tert-OH is 6. The van der Waals surface area contributed by atoms with Crippen LogP contribution in [0.2, 0.25) is 0 Å². The minimum atomic E-state index is -1.57. The number of hydrogen-bond acceptors (Lipinski definition) is 11. The molecule has 0 aromatic carbocycles. The first-order valence-corrected chi connectivity index (χ1v) is 15.2. The summed E-state index contributed by atoms with van der Waals surface area (Å²) >= 11 is 0. The Labute approximate surface area is 244 Å². The van der Waals surface area contributed by atoms with Gasteiger partial charge in [0.25, 0.3) is 0 Å². The van der Waals surface area contributed by atoms with Crippen LogP contribution in [0.3, 0.4) is 0 Å². The van der Waals surface area contributed by atoms with Crippen LogP contribution in [0.5, 0.6) is 0 Å². The van der Waals surface area contributed by atoms with Crippen molar-refractivity contribution in [2.45, 2.75) is 141 Å². The van der Waals surface area contributed by atoms with E-state index in [0.29, 0.717) is 18.4 Å². The van der Waals surface area contributed by atoms with Gasteiger partial charge in [-0.15, -0.1) is 0 Å². The lowest BCUT2D eigenvalue weighted by Gasteiger charge is -2.47. The van der Waals surface area contributed by atoms with Gasteiger partial charge in [-0.05, 0) is 24.2 Å². The Kier molecular flexibility index (Phi) is 15.9. The summed E-state index contributed by atoms with van der Waals surface area (Å²) in [4.78, 5) is 11.7. The molecular weight excluding hydrogens is 538 g/mol. The summed E-state index contributed by atoms with van der Waals surface area (Å²) in [6, 6.07) is -1.26. The van der Waals surface area contributed by atoms with Crippen LogP contribution in [0, 0.1) is 17.8 Å². The van der Waals surface area contributed by atoms with Crippen molar-refractivity contribution < 1.29 is 54.4 Å². The van der Waals surface area contributed by atoms with Gasteiger partial charge in [0.15, 0.2) is 12.6 Å². The molecule has 0 aromatic heterocycles. The van der Waals surface area contributed by atoms with Gasteiger partial charge in [-0.25, -0.2) is 0 Å². The molecule has 0 bridgehead atoms. The molecule has 1 amide bonds. The predicted molar refractivity (Wildman–Crippen MR) is 149 cm³/mol. The van der Waals surface area contributed by atoms with Crippen LogP contribution >= 0.6 is 0 Å². The lowest BCUT2D eigenvalue weighted by atomic mass is 9.93. The van der Waals surface area contributed by atoms with E-state index in [0.717, 1.165) is 25.2 Å². The third-order valence-corrected chi connectivity index (χ3v) is 8.13. The molecular formula is C29H55NO11. The molecule has 0 saturated carbocycles. The molecule has 0 aliphatic carbocycles. The van der Waals surface area contributed by atoms with Crippen molar-refractivity contribution in [3.05, 3.63) is 0 Å². The highest BCUT2D eigenvalue weighted by Gasteiger charge is 2.51. The topological polar surface area (TPSA) is 187 Å². The van der Waals surface area contributed by atoms with Gasteiger partial charge in [0.1, 0.15) is 48.8 Å². The van der Waals surface area contributed by atoms with E-state index in [2.05, 4.69) is 33.0 Å². The lowest BCUT2D eigenvalue weighted by molar-refractivity contribution is -0.347. The van der Waals surface area contributed by atoms with Crippen molar-refractivity contribution in [1.82, 2.24) is 5.32 Å². The van der Waals surface area contributed by atoms with E-state index in [9.17, 15) is 35.4 Å². The smallest absolute Gasteiger partial charge is 0.217 e. The van der Waals surface area contributed by atoms with Crippen LogP contribution in [0.25, 0.3) is 0 Å². The average Bonchev–Trinajstić information content (AvgIpc) is 2.91. The van der Waals surface area contributed by atoms with Gasteiger partial charge in [-0.1, -0.05) is 66.2 Å². The first-order chi connectivity index (χ1) is 19.4. The third-order valence-electron chi connectivity index (χ3n) is 8.13. The second-order valence-corrected chi connectivity index (χ2v) is 12.4. The maximum absolute atomic E-state index is 11.7. The van der Waals surface area contributed by atoms with E-state index < -0.39 is 80.5 Å². The number of carbonyl (C=O) groups is 1. The number of ether oxygens (including phenoxy) is 4. The van der Waals surface area contributed by atoms with E-state index in [1.54, 1.807) is 0 Å². The molecule has 12 heteroatoms. The van der Waals surface area contributed by atoms with Crippen molar-refractivity contribution in [2.75, 3.05) is 19.8 Å². The van der Waals surface area contributed by atoms with E-state index in [1.807, 2.05) is 0 Å². The summed E-state index contributed by atoms with van der Waals surface area (Å²) in [6.07, 6.45) is -4.54. The van der Waals surface area contributed by atoms with Crippen molar-refractivity contribution in [3.63, 3.8) is 0 Å². The van der Waals surface area contributed by atoms with Gasteiger partial charge in [0.2, 0.25) is 5.91 Å². The molecule has 0 radical (unpaired) electrons. The van der Waals surface area contributed by atoms with Gasteiger partial charge in [0.05, 0.1) is 19.8 Å². The van der Waals surface area contributed by atoms with E-state index >= 15 is 0 Å². The summed E-state index contributed by atoms with van der Waals surface area (Å²) in [6.45, 7) is 9.23. The Balaban J connectivity index is 1.86. The van der Waals surface area contributed by atoms with Gasteiger partial charge >= 0.3 is 0 Å². The molecule has 242 valence electrons. The fourth-order valence-corrected chi connectivity index (χ4v) is 5.46. The summed E-state index contributed by atoms with van der Waals surface area (Å²) in [7, 11) is 0. The Morgan fingerprint density at radius 2 is 1.32 bits per heavy atom. The number of aliphatic hydroxyl groups is 6. The van der Waals surface area contributed by atoms with Crippen molar-refractivity contribution in [1.29, 1.82) is 0 Å². The van der Waals surface area contributed by atoms with E-state index in [1.165, 1.54) is 32.6 Å². The highest BCUT2D eigenvalue weighted by Crippen LogP contribution is 2.30. The monoisotopic (exact) mass is 593 g/mol. The zero-order chi connectivity index (χ0) is 30.7. The van der Waals surface area contributed by atoms with Crippen LogP contribution in [0.1, 0.15) is 79.6 Å². The molecule has 0 aromatic rings. The Hall–Kier alpha value is -0.930. The van der Waals surface area contributed by atoms with Crippen LogP contribution < -0.4 is 5.32 Å². The van der Waals surface area contributed by atoms with Crippen LogP contribution in [-0.2, 0) is 23.7 Å². The van der Waals surface area contributed by atoms with Crippen molar-refractivity contribution in [3.8, 4) is 0 Å². The zero-order valence-corrected chi connectivity index (χ0v) is 25.3. The second-order valence-electron chi connectivity index (χ2n) is 12.4. The Morgan fingerprint density at radius 3 is 1.88 bits per heavy atom. The van der Waals surface area contributed by atoms with Gasteiger partial charge < -0.3 is 54.9 Å². The van der Waals surface area contributed by atoms with Gasteiger partial charge in [-0.2, -0.15) is 0 Å². The largest absolute Gasteiger partial charge is 0.394 e. The fraction of sp³-hybridized carbons (Fsp3) is 0.966. The maximum Gasteiger partial charge on any atom is 0.217 e. The number of nitrogens with one attached hydrogen (secondary N) is 1. The number of rotatable bonds is 17. The van der Waals surface area contributed by atoms with Crippen LogP contribution in [0.15, 0.2) is 0 Å². The van der Waals surface area contributed by atoms with E-state index in [-0.39, 0.29) is 0 Å². The molecule has 2 rings (SSSR count). The molecule has 7 N–H and O–H groups in total. The highest BCUT2D eigenvalue weighted by atomic mass is 16.7. The molecule has 2 aliphatic rings. The number of amides is 1. The molecule has 12 nitrogen and oxygen atoms in total. The molecule has 2 fully saturated rings. The number of carbonyl (C=O) groups excluding carboxylic acids is 1.